The van der Waals surface area contributed by atoms with E-state index in [4.69, 9.17) is 4.74 Å². The summed E-state index contributed by atoms with van der Waals surface area (Å²) in [6.45, 7) is 0. The van der Waals surface area contributed by atoms with Gasteiger partial charge in [0.05, 0.1) is 40.7 Å². The number of benzene rings is 2. The smallest absolute Gasteiger partial charge is 0.278 e. The van der Waals surface area contributed by atoms with Crippen LogP contribution in [0, 0.1) is 0 Å². The monoisotopic (exact) mass is 542 g/mol. The van der Waals surface area contributed by atoms with Crippen LogP contribution < -0.4 is 15.1 Å². The summed E-state index contributed by atoms with van der Waals surface area (Å²) in [4.78, 5) is 22.6. The van der Waals surface area contributed by atoms with Gasteiger partial charge in [0.25, 0.3) is 5.91 Å². The van der Waals surface area contributed by atoms with E-state index in [2.05, 4.69) is 25.9 Å². The first-order valence-electron chi connectivity index (χ1n) is 9.91. The molecule has 4 rings (SSSR count). The van der Waals surface area contributed by atoms with Crippen molar-refractivity contribution in [2.75, 3.05) is 17.9 Å². The van der Waals surface area contributed by atoms with Gasteiger partial charge in [0.2, 0.25) is 0 Å². The molecule has 0 fully saturated rings. The van der Waals surface area contributed by atoms with Crippen LogP contribution in [0.2, 0.25) is 0 Å². The number of hydrogen-bond acceptors (Lipinski definition) is 8. The minimum Gasteiger partial charge on any atom is -0.497 e. The van der Waals surface area contributed by atoms with Crippen molar-refractivity contribution >= 4 is 54.0 Å². The second kappa shape index (κ2) is 9.75. The number of carbonyl (C=O) groups excluding carboxylic acids is 1. The van der Waals surface area contributed by atoms with Gasteiger partial charge in [-0.3, -0.25) is 20.0 Å². The van der Waals surface area contributed by atoms with Crippen molar-refractivity contribution in [3.05, 3.63) is 83.2 Å². The fraction of sp³-hybridized carbons (Fsp3) is 0.0870. The van der Waals surface area contributed by atoms with Crippen molar-refractivity contribution in [1.82, 2.24) is 15.4 Å². The van der Waals surface area contributed by atoms with E-state index in [9.17, 15) is 18.4 Å². The molecule has 0 saturated carbocycles. The third-order valence-electron chi connectivity index (χ3n) is 5.11. The van der Waals surface area contributed by atoms with Crippen molar-refractivity contribution in [3.63, 3.8) is 0 Å². The average Bonchev–Trinajstić information content (AvgIpc) is 2.87. The molecule has 0 radical (unpaired) electrons. The van der Waals surface area contributed by atoms with E-state index in [-0.39, 0.29) is 16.1 Å². The summed E-state index contributed by atoms with van der Waals surface area (Å²) < 4.78 is 32.7. The van der Waals surface area contributed by atoms with Crippen LogP contribution in [-0.4, -0.2) is 42.5 Å². The molecule has 11 heteroatoms. The number of fused-ring (bicyclic) bond motifs is 1. The Hall–Kier alpha value is -3.54. The predicted octanol–water partition coefficient (Wildman–Crippen LogP) is 4.09. The Bertz CT molecular complexity index is 1450. The first kappa shape index (κ1) is 23.6. The lowest BCUT2D eigenvalue weighted by atomic mass is 10.1. The maximum Gasteiger partial charge on any atom is 0.278 e. The summed E-state index contributed by atoms with van der Waals surface area (Å²) >= 11 is 3.45. The molecule has 2 heterocycles. The maximum absolute atomic E-state index is 13.5. The Balaban J connectivity index is 1.95. The summed E-state index contributed by atoms with van der Waals surface area (Å²) in [7, 11) is -2.40. The van der Waals surface area contributed by atoms with Crippen LogP contribution >= 0.6 is 15.9 Å². The summed E-state index contributed by atoms with van der Waals surface area (Å²) in [5, 5.41) is 9.86. The standard InChI is InChI=1S/C23H19BrN4O5S/c1-33-16-7-9-17(10-8-16)34(31,32)14-28(15-4-3-11-25-12-15)22-18-5-2-6-20(24)21(18)26-13-19(22)23(29)27-30/h2-13,30H,14H2,1H3,(H,27,29). The van der Waals surface area contributed by atoms with Crippen molar-refractivity contribution < 1.29 is 23.2 Å². The average molecular weight is 543 g/mol. The van der Waals surface area contributed by atoms with E-state index in [0.717, 1.165) is 0 Å². The molecule has 0 aliphatic rings. The molecule has 2 aromatic heterocycles. The maximum atomic E-state index is 13.5. The molecule has 2 N–H and O–H groups in total. The third kappa shape index (κ3) is 4.58. The number of rotatable bonds is 7. The molecule has 0 aliphatic carbocycles. The summed E-state index contributed by atoms with van der Waals surface area (Å²) in [6.07, 6.45) is 4.34. The number of hydrogen-bond donors (Lipinski definition) is 2. The van der Waals surface area contributed by atoms with Crippen LogP contribution in [0.1, 0.15) is 10.4 Å². The SMILES string of the molecule is COc1ccc(S(=O)(=O)CN(c2cccnc2)c2c(C(=O)NO)cnc3c(Br)cccc23)cc1. The van der Waals surface area contributed by atoms with E-state index < -0.39 is 21.6 Å². The highest BCUT2D eigenvalue weighted by atomic mass is 79.9. The molecule has 0 spiro atoms. The topological polar surface area (TPSA) is 122 Å². The number of para-hydroxylation sites is 1. The van der Waals surface area contributed by atoms with Gasteiger partial charge in [0, 0.05) is 22.3 Å². The summed E-state index contributed by atoms with van der Waals surface area (Å²) in [5.41, 5.74) is 2.80. The minimum absolute atomic E-state index is 0.0121. The van der Waals surface area contributed by atoms with E-state index in [1.54, 1.807) is 54.1 Å². The normalized spacial score (nSPS) is 11.3. The second-order valence-electron chi connectivity index (χ2n) is 7.16. The van der Waals surface area contributed by atoms with Crippen molar-refractivity contribution in [2.45, 2.75) is 4.90 Å². The molecule has 0 aliphatic heterocycles. The van der Waals surface area contributed by atoms with Crippen LogP contribution in [-0.2, 0) is 9.84 Å². The number of nitrogens with one attached hydrogen (secondary N) is 1. The number of pyridine rings is 2. The van der Waals surface area contributed by atoms with E-state index in [0.29, 0.717) is 26.8 Å². The highest BCUT2D eigenvalue weighted by molar-refractivity contribution is 9.10. The van der Waals surface area contributed by atoms with Crippen LogP contribution in [0.5, 0.6) is 5.75 Å². The minimum atomic E-state index is -3.89. The lowest BCUT2D eigenvalue weighted by Gasteiger charge is -2.27. The predicted molar refractivity (Wildman–Crippen MR) is 130 cm³/mol. The summed E-state index contributed by atoms with van der Waals surface area (Å²) in [5.74, 6) is -0.822. The number of amides is 1. The molecule has 1 amide bonds. The van der Waals surface area contributed by atoms with Gasteiger partial charge in [-0.2, -0.15) is 0 Å². The van der Waals surface area contributed by atoms with Gasteiger partial charge >= 0.3 is 0 Å². The zero-order valence-electron chi connectivity index (χ0n) is 17.8. The van der Waals surface area contributed by atoms with Crippen molar-refractivity contribution in [1.29, 1.82) is 0 Å². The van der Waals surface area contributed by atoms with Gasteiger partial charge in [0.1, 0.15) is 11.6 Å². The number of sulfone groups is 1. The molecule has 4 aromatic rings. The van der Waals surface area contributed by atoms with Gasteiger partial charge < -0.3 is 9.64 Å². The van der Waals surface area contributed by atoms with Crippen LogP contribution in [0.25, 0.3) is 10.9 Å². The Morgan fingerprint density at radius 2 is 1.88 bits per heavy atom. The number of aromatic nitrogens is 2. The fourth-order valence-corrected chi connectivity index (χ4v) is 5.29. The third-order valence-corrected chi connectivity index (χ3v) is 7.34. The zero-order chi connectivity index (χ0) is 24.3. The highest BCUT2D eigenvalue weighted by Gasteiger charge is 2.27. The van der Waals surface area contributed by atoms with Gasteiger partial charge in [-0.05, 0) is 58.4 Å². The lowest BCUT2D eigenvalue weighted by Crippen LogP contribution is -2.29. The van der Waals surface area contributed by atoms with Crippen molar-refractivity contribution in [3.8, 4) is 5.75 Å². The Morgan fingerprint density at radius 3 is 2.53 bits per heavy atom. The fourth-order valence-electron chi connectivity index (χ4n) is 3.50. The van der Waals surface area contributed by atoms with E-state index in [1.165, 1.54) is 36.5 Å². The van der Waals surface area contributed by atoms with Gasteiger partial charge in [0.15, 0.2) is 9.84 Å². The van der Waals surface area contributed by atoms with Crippen LogP contribution in [0.4, 0.5) is 11.4 Å². The first-order valence-corrected chi connectivity index (χ1v) is 12.4. The molecular formula is C23H19BrN4O5S. The van der Waals surface area contributed by atoms with Gasteiger partial charge in [-0.1, -0.05) is 12.1 Å². The number of halogens is 1. The molecule has 0 bridgehead atoms. The Labute approximate surface area is 204 Å². The number of nitrogens with zero attached hydrogens (tertiary/aromatic N) is 3. The second-order valence-corrected chi connectivity index (χ2v) is 9.97. The Kier molecular flexibility index (Phi) is 6.77. The molecule has 2 aromatic carbocycles. The number of ether oxygens (including phenoxy) is 1. The summed E-state index contributed by atoms with van der Waals surface area (Å²) in [6, 6.07) is 14.6. The highest BCUT2D eigenvalue weighted by Crippen LogP contribution is 2.37. The quantitative estimate of drug-likeness (QED) is 0.264. The number of anilines is 2. The molecule has 0 atom stereocenters. The lowest BCUT2D eigenvalue weighted by molar-refractivity contribution is 0.0707. The number of carbonyl (C=O) groups is 1. The van der Waals surface area contributed by atoms with E-state index in [1.807, 2.05) is 0 Å². The molecule has 0 saturated heterocycles. The Morgan fingerprint density at radius 1 is 1.12 bits per heavy atom. The van der Waals surface area contributed by atoms with Gasteiger partial charge in [-0.25, -0.2) is 13.9 Å². The van der Waals surface area contributed by atoms with Crippen LogP contribution in [0.15, 0.2) is 82.6 Å². The molecule has 34 heavy (non-hydrogen) atoms. The first-order chi connectivity index (χ1) is 16.4. The van der Waals surface area contributed by atoms with E-state index >= 15 is 0 Å². The molecular weight excluding hydrogens is 524 g/mol. The molecule has 0 unspecified atom stereocenters. The van der Waals surface area contributed by atoms with Gasteiger partial charge in [-0.15, -0.1) is 0 Å². The number of hydroxylamine groups is 1. The number of methoxy groups -OCH3 is 1. The van der Waals surface area contributed by atoms with Crippen LogP contribution in [0.3, 0.4) is 0 Å². The largest absolute Gasteiger partial charge is 0.497 e. The molecule has 174 valence electrons. The zero-order valence-corrected chi connectivity index (χ0v) is 20.2. The van der Waals surface area contributed by atoms with Crippen molar-refractivity contribution in [2.24, 2.45) is 0 Å². The molecule has 9 nitrogen and oxygen atoms in total.